The van der Waals surface area contributed by atoms with Crippen LogP contribution in [0.25, 0.3) is 0 Å². The van der Waals surface area contributed by atoms with Gasteiger partial charge in [0.1, 0.15) is 15.7 Å². The summed E-state index contributed by atoms with van der Waals surface area (Å²) in [4.78, 5) is 16.0. The second-order valence-corrected chi connectivity index (χ2v) is 7.03. The van der Waals surface area contributed by atoms with Crippen molar-refractivity contribution in [2.75, 3.05) is 30.4 Å². The van der Waals surface area contributed by atoms with Gasteiger partial charge in [-0.25, -0.2) is 13.4 Å². The van der Waals surface area contributed by atoms with Gasteiger partial charge >= 0.3 is 0 Å². The summed E-state index contributed by atoms with van der Waals surface area (Å²) < 4.78 is 22.0. The number of rotatable bonds is 7. The molecular weight excluding hydrogens is 302 g/mol. The summed E-state index contributed by atoms with van der Waals surface area (Å²) in [6.07, 6.45) is 3.44. The molecule has 0 bridgehead atoms. The molecule has 0 aliphatic rings. The van der Waals surface area contributed by atoms with E-state index in [9.17, 15) is 13.2 Å². The number of nitrogens with one attached hydrogen (secondary N) is 2. The van der Waals surface area contributed by atoms with Crippen molar-refractivity contribution in [2.24, 2.45) is 0 Å². The first-order valence-corrected chi connectivity index (χ1v) is 8.62. The number of pyridine rings is 1. The zero-order valence-corrected chi connectivity index (χ0v) is 13.0. The molecule has 8 heteroatoms. The lowest BCUT2D eigenvalue weighted by atomic mass is 10.2. The maximum absolute atomic E-state index is 11.9. The van der Waals surface area contributed by atoms with Crippen molar-refractivity contribution in [2.45, 2.75) is 13.3 Å². The fraction of sp³-hybridized carbons (Fsp3) is 0.500. The summed E-state index contributed by atoms with van der Waals surface area (Å²) in [6.45, 7) is 2.81. The first-order valence-electron chi connectivity index (χ1n) is 6.19. The first kappa shape index (κ1) is 16.7. The molecule has 1 aromatic rings. The fourth-order valence-corrected chi connectivity index (χ4v) is 2.07. The predicted octanol–water partition coefficient (Wildman–Crippen LogP) is 1.33. The van der Waals surface area contributed by atoms with Gasteiger partial charge < -0.3 is 10.6 Å². The summed E-state index contributed by atoms with van der Waals surface area (Å²) in [7, 11) is -3.10. The van der Waals surface area contributed by atoms with Gasteiger partial charge in [-0.1, -0.05) is 18.5 Å². The quantitative estimate of drug-likeness (QED) is 0.791. The van der Waals surface area contributed by atoms with Crippen molar-refractivity contribution in [3.8, 4) is 0 Å². The minimum Gasteiger partial charge on any atom is -0.370 e. The average Bonchev–Trinajstić information content (AvgIpc) is 2.36. The van der Waals surface area contributed by atoms with Gasteiger partial charge in [-0.3, -0.25) is 4.79 Å². The number of nitrogens with zero attached hydrogens (tertiary/aromatic N) is 1. The Hall–Kier alpha value is -1.34. The van der Waals surface area contributed by atoms with Gasteiger partial charge in [-0.2, -0.15) is 0 Å². The van der Waals surface area contributed by atoms with Crippen molar-refractivity contribution >= 4 is 33.2 Å². The molecule has 0 saturated heterocycles. The number of halogens is 1. The SMILES string of the molecule is CCCNc1cc(C(=O)NCCS(C)(=O)=O)c(Cl)cn1. The van der Waals surface area contributed by atoms with Gasteiger partial charge in [0.15, 0.2) is 0 Å². The van der Waals surface area contributed by atoms with Gasteiger partial charge in [0.25, 0.3) is 5.91 Å². The zero-order valence-electron chi connectivity index (χ0n) is 11.4. The van der Waals surface area contributed by atoms with Crippen LogP contribution in [0, 0.1) is 0 Å². The standard InChI is InChI=1S/C12H18ClN3O3S/c1-3-4-14-11-7-9(10(13)8-16-11)12(17)15-5-6-20(2,18)19/h7-8H,3-6H2,1-2H3,(H,14,16)(H,15,17). The van der Waals surface area contributed by atoms with E-state index < -0.39 is 15.7 Å². The van der Waals surface area contributed by atoms with Crippen LogP contribution in [0.4, 0.5) is 5.82 Å². The molecule has 6 nitrogen and oxygen atoms in total. The van der Waals surface area contributed by atoms with E-state index in [0.717, 1.165) is 19.2 Å². The summed E-state index contributed by atoms with van der Waals surface area (Å²) in [5.74, 6) is 0.0349. The van der Waals surface area contributed by atoms with E-state index in [1.807, 2.05) is 6.92 Å². The van der Waals surface area contributed by atoms with Gasteiger partial charge in [-0.15, -0.1) is 0 Å². The summed E-state index contributed by atoms with van der Waals surface area (Å²) >= 11 is 5.92. The molecule has 0 saturated carbocycles. The molecular formula is C12H18ClN3O3S. The largest absolute Gasteiger partial charge is 0.370 e. The van der Waals surface area contributed by atoms with Gasteiger partial charge in [0, 0.05) is 25.5 Å². The minimum absolute atomic E-state index is 0.0496. The van der Waals surface area contributed by atoms with Crippen LogP contribution in [0.5, 0.6) is 0 Å². The van der Waals surface area contributed by atoms with Crippen LogP contribution >= 0.6 is 11.6 Å². The van der Waals surface area contributed by atoms with Crippen molar-refractivity contribution in [3.63, 3.8) is 0 Å². The highest BCUT2D eigenvalue weighted by Crippen LogP contribution is 2.17. The Kier molecular flexibility index (Phi) is 6.22. The highest BCUT2D eigenvalue weighted by atomic mass is 35.5. The van der Waals surface area contributed by atoms with Crippen molar-refractivity contribution < 1.29 is 13.2 Å². The predicted molar refractivity (Wildman–Crippen MR) is 80.1 cm³/mol. The molecule has 0 spiro atoms. The lowest BCUT2D eigenvalue weighted by Gasteiger charge is -2.09. The number of carbonyl (C=O) groups is 1. The van der Waals surface area contributed by atoms with Crippen LogP contribution in [0.3, 0.4) is 0 Å². The number of carbonyl (C=O) groups excluding carboxylic acids is 1. The topological polar surface area (TPSA) is 88.2 Å². The molecule has 0 fully saturated rings. The van der Waals surface area contributed by atoms with E-state index in [1.54, 1.807) is 6.07 Å². The van der Waals surface area contributed by atoms with Crippen LogP contribution in [0.2, 0.25) is 5.02 Å². The number of aromatic nitrogens is 1. The number of hydrogen-bond acceptors (Lipinski definition) is 5. The van der Waals surface area contributed by atoms with E-state index in [-0.39, 0.29) is 22.9 Å². The van der Waals surface area contributed by atoms with Crippen molar-refractivity contribution in [1.29, 1.82) is 0 Å². The molecule has 112 valence electrons. The summed E-state index contributed by atoms with van der Waals surface area (Å²) in [6, 6.07) is 1.55. The van der Waals surface area contributed by atoms with Crippen LogP contribution in [0.1, 0.15) is 23.7 Å². The van der Waals surface area contributed by atoms with E-state index in [1.165, 1.54) is 6.20 Å². The number of hydrogen-bond donors (Lipinski definition) is 2. The molecule has 0 aromatic carbocycles. The first-order chi connectivity index (χ1) is 9.33. The van der Waals surface area contributed by atoms with Crippen LogP contribution in [-0.4, -0.2) is 44.4 Å². The van der Waals surface area contributed by atoms with Gasteiger partial charge in [0.05, 0.1) is 16.3 Å². The molecule has 1 rings (SSSR count). The van der Waals surface area contributed by atoms with E-state index in [4.69, 9.17) is 11.6 Å². The monoisotopic (exact) mass is 319 g/mol. The molecule has 0 aliphatic heterocycles. The normalized spacial score (nSPS) is 11.2. The van der Waals surface area contributed by atoms with E-state index >= 15 is 0 Å². The van der Waals surface area contributed by atoms with Crippen LogP contribution in [-0.2, 0) is 9.84 Å². The molecule has 1 aromatic heterocycles. The van der Waals surface area contributed by atoms with Crippen LogP contribution in [0.15, 0.2) is 12.3 Å². The molecule has 0 unspecified atom stereocenters. The molecule has 20 heavy (non-hydrogen) atoms. The summed E-state index contributed by atoms with van der Waals surface area (Å²) in [5.41, 5.74) is 0.272. The molecule has 0 radical (unpaired) electrons. The van der Waals surface area contributed by atoms with Crippen LogP contribution < -0.4 is 10.6 Å². The van der Waals surface area contributed by atoms with E-state index in [2.05, 4.69) is 15.6 Å². The third-order valence-corrected chi connectivity index (χ3v) is 3.66. The highest BCUT2D eigenvalue weighted by molar-refractivity contribution is 7.90. The number of amides is 1. The van der Waals surface area contributed by atoms with Crippen molar-refractivity contribution in [3.05, 3.63) is 22.8 Å². The Morgan fingerprint density at radius 1 is 1.40 bits per heavy atom. The summed E-state index contributed by atoms with van der Waals surface area (Å²) in [5, 5.41) is 5.80. The second-order valence-electron chi connectivity index (χ2n) is 4.36. The van der Waals surface area contributed by atoms with Gasteiger partial charge in [0.2, 0.25) is 0 Å². The third-order valence-electron chi connectivity index (χ3n) is 2.41. The maximum atomic E-state index is 11.9. The minimum atomic E-state index is -3.10. The number of sulfone groups is 1. The molecule has 1 heterocycles. The van der Waals surface area contributed by atoms with Crippen molar-refractivity contribution in [1.82, 2.24) is 10.3 Å². The smallest absolute Gasteiger partial charge is 0.253 e. The lowest BCUT2D eigenvalue weighted by Crippen LogP contribution is -2.29. The Bertz CT molecular complexity index is 575. The van der Waals surface area contributed by atoms with E-state index in [0.29, 0.717) is 5.82 Å². The Morgan fingerprint density at radius 2 is 2.10 bits per heavy atom. The highest BCUT2D eigenvalue weighted by Gasteiger charge is 2.12. The average molecular weight is 320 g/mol. The number of anilines is 1. The lowest BCUT2D eigenvalue weighted by molar-refractivity contribution is 0.0956. The maximum Gasteiger partial charge on any atom is 0.253 e. The molecule has 1 amide bonds. The molecule has 0 aliphatic carbocycles. The third kappa shape index (κ3) is 5.75. The zero-order chi connectivity index (χ0) is 15.2. The fourth-order valence-electron chi connectivity index (χ4n) is 1.41. The Labute approximate surface area is 123 Å². The second kappa shape index (κ2) is 7.44. The molecule has 0 atom stereocenters. The molecule has 2 N–H and O–H groups in total. The Balaban J connectivity index is 2.71. The Morgan fingerprint density at radius 3 is 2.70 bits per heavy atom. The van der Waals surface area contributed by atoms with Gasteiger partial charge in [-0.05, 0) is 12.5 Å².